The second kappa shape index (κ2) is 6.35. The molecule has 0 aromatic heterocycles. The molecule has 0 aromatic rings. The summed E-state index contributed by atoms with van der Waals surface area (Å²) in [7, 11) is 1.54. The number of ether oxygens (including phenoxy) is 1. The molecule has 1 fully saturated rings. The van der Waals surface area contributed by atoms with E-state index in [4.69, 9.17) is 4.74 Å². The highest BCUT2D eigenvalue weighted by atomic mass is 16.6. The molecular formula is C10H23NO2. The van der Waals surface area contributed by atoms with Crippen LogP contribution in [0.25, 0.3) is 0 Å². The molecule has 80 valence electrons. The van der Waals surface area contributed by atoms with Gasteiger partial charge >= 0.3 is 0 Å². The topological polar surface area (TPSA) is 41.5 Å². The van der Waals surface area contributed by atoms with E-state index in [2.05, 4.69) is 5.32 Å². The first kappa shape index (κ1) is 12.9. The largest absolute Gasteiger partial charge is 0.364 e. The van der Waals surface area contributed by atoms with Crippen molar-refractivity contribution in [3.8, 4) is 0 Å². The van der Waals surface area contributed by atoms with Crippen LogP contribution in [0.3, 0.4) is 0 Å². The molecule has 2 unspecified atom stereocenters. The van der Waals surface area contributed by atoms with Gasteiger partial charge in [0.05, 0.1) is 6.04 Å². The zero-order valence-corrected chi connectivity index (χ0v) is 9.26. The monoisotopic (exact) mass is 189 g/mol. The van der Waals surface area contributed by atoms with Gasteiger partial charge in [0, 0.05) is 7.11 Å². The van der Waals surface area contributed by atoms with Gasteiger partial charge in [-0.05, 0) is 26.3 Å². The van der Waals surface area contributed by atoms with Crippen molar-refractivity contribution in [3.05, 3.63) is 0 Å². The maximum atomic E-state index is 9.66. The Morgan fingerprint density at radius 2 is 2.00 bits per heavy atom. The third-order valence-corrected chi connectivity index (χ3v) is 2.37. The summed E-state index contributed by atoms with van der Waals surface area (Å²) < 4.78 is 4.97. The predicted molar refractivity (Wildman–Crippen MR) is 54.6 cm³/mol. The molecule has 1 aliphatic heterocycles. The van der Waals surface area contributed by atoms with E-state index < -0.39 is 5.79 Å². The zero-order valence-electron chi connectivity index (χ0n) is 9.26. The lowest BCUT2D eigenvalue weighted by molar-refractivity contribution is -0.194. The van der Waals surface area contributed by atoms with Gasteiger partial charge in [0.2, 0.25) is 0 Å². The normalized spacial score (nSPS) is 27.0. The molecule has 1 saturated heterocycles. The molecule has 0 bridgehead atoms. The van der Waals surface area contributed by atoms with Gasteiger partial charge in [-0.2, -0.15) is 0 Å². The molecule has 2 atom stereocenters. The van der Waals surface area contributed by atoms with Crippen molar-refractivity contribution in [2.45, 2.75) is 51.9 Å². The Labute approximate surface area is 81.5 Å². The van der Waals surface area contributed by atoms with E-state index in [0.29, 0.717) is 0 Å². The summed E-state index contributed by atoms with van der Waals surface area (Å²) in [6.45, 7) is 6.69. The van der Waals surface area contributed by atoms with Crippen LogP contribution < -0.4 is 5.32 Å². The zero-order chi connectivity index (χ0) is 10.3. The minimum Gasteiger partial charge on any atom is -0.364 e. The lowest BCUT2D eigenvalue weighted by Gasteiger charge is -2.34. The van der Waals surface area contributed by atoms with Crippen molar-refractivity contribution >= 4 is 0 Å². The van der Waals surface area contributed by atoms with Crippen molar-refractivity contribution in [2.24, 2.45) is 0 Å². The van der Waals surface area contributed by atoms with Crippen LogP contribution in [0, 0.1) is 0 Å². The Kier molecular flexibility index (Phi) is 6.29. The fourth-order valence-corrected chi connectivity index (χ4v) is 1.45. The molecule has 0 saturated carbocycles. The number of hydrogen-bond acceptors (Lipinski definition) is 3. The maximum absolute atomic E-state index is 9.66. The third-order valence-electron chi connectivity index (χ3n) is 2.37. The highest BCUT2D eigenvalue weighted by Gasteiger charge is 2.32. The molecule has 0 aromatic carbocycles. The molecule has 1 rings (SSSR count). The Morgan fingerprint density at radius 1 is 1.38 bits per heavy atom. The average molecular weight is 189 g/mol. The van der Waals surface area contributed by atoms with Gasteiger partial charge in [0.1, 0.15) is 0 Å². The van der Waals surface area contributed by atoms with Crippen molar-refractivity contribution in [3.63, 3.8) is 0 Å². The van der Waals surface area contributed by atoms with E-state index in [0.717, 1.165) is 13.0 Å². The Bertz CT molecular complexity index is 120. The lowest BCUT2D eigenvalue weighted by atomic mass is 9.98. The van der Waals surface area contributed by atoms with Gasteiger partial charge in [0.15, 0.2) is 5.79 Å². The van der Waals surface area contributed by atoms with Crippen LogP contribution in [0.5, 0.6) is 0 Å². The van der Waals surface area contributed by atoms with Crippen LogP contribution in [-0.2, 0) is 4.74 Å². The Morgan fingerprint density at radius 3 is 2.38 bits per heavy atom. The molecule has 13 heavy (non-hydrogen) atoms. The number of piperidine rings is 1. The minimum atomic E-state index is -1.000. The van der Waals surface area contributed by atoms with Gasteiger partial charge in [0.25, 0.3) is 0 Å². The van der Waals surface area contributed by atoms with E-state index >= 15 is 0 Å². The molecule has 3 nitrogen and oxygen atoms in total. The summed E-state index contributed by atoms with van der Waals surface area (Å²) in [5.74, 6) is -1.000. The van der Waals surface area contributed by atoms with Crippen LogP contribution in [0.2, 0.25) is 0 Å². The molecule has 0 amide bonds. The first-order chi connectivity index (χ1) is 6.17. The third kappa shape index (κ3) is 4.07. The number of rotatable bonds is 2. The number of nitrogens with one attached hydrogen (secondary N) is 1. The fraction of sp³-hybridized carbons (Fsp3) is 1.00. The van der Waals surface area contributed by atoms with E-state index in [-0.39, 0.29) is 6.04 Å². The van der Waals surface area contributed by atoms with Crippen LogP contribution in [0.15, 0.2) is 0 Å². The SMILES string of the molecule is CC.COC(C)(O)C1CCCCN1. The van der Waals surface area contributed by atoms with Crippen LogP contribution in [0.4, 0.5) is 0 Å². The van der Waals surface area contributed by atoms with Gasteiger partial charge in [-0.1, -0.05) is 20.3 Å². The number of hydrogen-bond donors (Lipinski definition) is 2. The van der Waals surface area contributed by atoms with Gasteiger partial charge < -0.3 is 15.2 Å². The van der Waals surface area contributed by atoms with E-state index in [1.165, 1.54) is 20.0 Å². The summed E-state index contributed by atoms with van der Waals surface area (Å²) in [4.78, 5) is 0. The fourth-order valence-electron chi connectivity index (χ4n) is 1.45. The predicted octanol–water partition coefficient (Wildman–Crippen LogP) is 1.51. The molecule has 1 heterocycles. The first-order valence-corrected chi connectivity index (χ1v) is 5.18. The van der Waals surface area contributed by atoms with Crippen molar-refractivity contribution in [1.82, 2.24) is 5.32 Å². The summed E-state index contributed by atoms with van der Waals surface area (Å²) in [5, 5.41) is 12.9. The number of aliphatic hydroxyl groups is 1. The maximum Gasteiger partial charge on any atom is 0.177 e. The summed E-state index contributed by atoms with van der Waals surface area (Å²) >= 11 is 0. The quantitative estimate of drug-likeness (QED) is 0.647. The molecule has 0 aliphatic carbocycles. The molecule has 1 aliphatic rings. The molecule has 2 N–H and O–H groups in total. The van der Waals surface area contributed by atoms with Crippen LogP contribution in [0.1, 0.15) is 40.0 Å². The summed E-state index contributed by atoms with van der Waals surface area (Å²) in [6, 6.07) is 0.0984. The molecule has 0 radical (unpaired) electrons. The van der Waals surface area contributed by atoms with Crippen LogP contribution in [-0.4, -0.2) is 30.6 Å². The van der Waals surface area contributed by atoms with E-state index in [9.17, 15) is 5.11 Å². The summed E-state index contributed by atoms with van der Waals surface area (Å²) in [5.41, 5.74) is 0. The molecule has 0 spiro atoms. The number of methoxy groups -OCH3 is 1. The van der Waals surface area contributed by atoms with E-state index in [1.54, 1.807) is 6.92 Å². The van der Waals surface area contributed by atoms with E-state index in [1.807, 2.05) is 13.8 Å². The second-order valence-electron chi connectivity index (χ2n) is 3.26. The standard InChI is InChI=1S/C8H17NO2.C2H6/c1-8(10,11-2)7-5-3-4-6-9-7;1-2/h7,9-10H,3-6H2,1-2H3;1-2H3. The highest BCUT2D eigenvalue weighted by molar-refractivity contribution is 4.82. The Hall–Kier alpha value is -0.120. The van der Waals surface area contributed by atoms with Crippen molar-refractivity contribution in [1.29, 1.82) is 0 Å². The van der Waals surface area contributed by atoms with Crippen LogP contribution >= 0.6 is 0 Å². The molecule has 3 heteroatoms. The first-order valence-electron chi connectivity index (χ1n) is 5.18. The van der Waals surface area contributed by atoms with Gasteiger partial charge in [-0.3, -0.25) is 0 Å². The van der Waals surface area contributed by atoms with Gasteiger partial charge in [-0.15, -0.1) is 0 Å². The smallest absolute Gasteiger partial charge is 0.177 e. The van der Waals surface area contributed by atoms with Gasteiger partial charge in [-0.25, -0.2) is 0 Å². The Balaban J connectivity index is 0.000000671. The van der Waals surface area contributed by atoms with Crippen molar-refractivity contribution in [2.75, 3.05) is 13.7 Å². The second-order valence-corrected chi connectivity index (χ2v) is 3.26. The van der Waals surface area contributed by atoms with Crippen molar-refractivity contribution < 1.29 is 9.84 Å². The lowest BCUT2D eigenvalue weighted by Crippen LogP contribution is -2.52. The molecular weight excluding hydrogens is 166 g/mol. The average Bonchev–Trinajstić information content (AvgIpc) is 2.22. The minimum absolute atomic E-state index is 0.0984. The highest BCUT2D eigenvalue weighted by Crippen LogP contribution is 2.19. The summed E-state index contributed by atoms with van der Waals surface area (Å²) in [6.07, 6.45) is 3.38.